The number of carbonyl (C=O) groups is 3. The van der Waals surface area contributed by atoms with Crippen LogP contribution in [0.2, 0.25) is 0 Å². The van der Waals surface area contributed by atoms with E-state index in [2.05, 4.69) is 16.0 Å². The zero-order valence-corrected chi connectivity index (χ0v) is 26.7. The monoisotopic (exact) mass is 602 g/mol. The molecule has 2 aromatic rings. The Kier molecular flexibility index (Phi) is 12.5. The van der Waals surface area contributed by atoms with Crippen LogP contribution in [0.15, 0.2) is 48.5 Å². The third-order valence-electron chi connectivity index (χ3n) is 6.93. The molecule has 0 heterocycles. The Hall–Kier alpha value is -3.44. The number of aliphatic hydroxyl groups is 1. The Morgan fingerprint density at radius 1 is 0.833 bits per heavy atom. The summed E-state index contributed by atoms with van der Waals surface area (Å²) in [6, 6.07) is 12.5. The van der Waals surface area contributed by atoms with Gasteiger partial charge in [-0.15, -0.1) is 0 Å². The van der Waals surface area contributed by atoms with Crippen molar-refractivity contribution in [2.45, 2.75) is 78.6 Å². The van der Waals surface area contributed by atoms with Crippen molar-refractivity contribution < 1.29 is 27.9 Å². The molecule has 0 saturated carbocycles. The van der Waals surface area contributed by atoms with Gasteiger partial charge in [0.25, 0.3) is 11.8 Å². The molecule has 0 aromatic heterocycles. The van der Waals surface area contributed by atoms with E-state index in [0.29, 0.717) is 6.42 Å². The maximum Gasteiger partial charge on any atom is 0.251 e. The summed E-state index contributed by atoms with van der Waals surface area (Å²) in [4.78, 5) is 39.3. The fraction of sp³-hybridized carbons (Fsp3) is 0.516. The van der Waals surface area contributed by atoms with Crippen LogP contribution in [0.1, 0.15) is 86.7 Å². The number of amides is 3. The molecule has 0 aliphatic heterocycles. The van der Waals surface area contributed by atoms with Crippen molar-refractivity contribution in [3.05, 3.63) is 65.2 Å². The number of nitrogens with one attached hydrogen (secondary N) is 3. The molecule has 4 N–H and O–H groups in total. The van der Waals surface area contributed by atoms with E-state index in [1.54, 1.807) is 6.92 Å². The van der Waals surface area contributed by atoms with Gasteiger partial charge in [-0.05, 0) is 63.3 Å². The molecule has 4 unspecified atom stereocenters. The smallest absolute Gasteiger partial charge is 0.251 e. The molecule has 0 bridgehead atoms. The number of hydrogen-bond donors (Lipinski definition) is 4. The molecule has 2 aromatic carbocycles. The molecule has 11 heteroatoms. The minimum Gasteiger partial charge on any atom is -0.391 e. The predicted octanol–water partition coefficient (Wildman–Crippen LogP) is 3.63. The second kappa shape index (κ2) is 15.2. The van der Waals surface area contributed by atoms with Crippen molar-refractivity contribution >= 4 is 33.4 Å². The molecule has 232 valence electrons. The highest BCUT2D eigenvalue weighted by Gasteiger charge is 2.28. The van der Waals surface area contributed by atoms with Crippen LogP contribution in [0.3, 0.4) is 0 Å². The van der Waals surface area contributed by atoms with E-state index in [1.165, 1.54) is 25.2 Å². The first-order chi connectivity index (χ1) is 19.5. The van der Waals surface area contributed by atoms with E-state index in [4.69, 9.17) is 0 Å². The zero-order chi connectivity index (χ0) is 31.8. The summed E-state index contributed by atoms with van der Waals surface area (Å²) in [5, 5.41) is 19.7. The molecular formula is C31H46N4O6S. The van der Waals surface area contributed by atoms with Gasteiger partial charge in [0.05, 0.1) is 30.1 Å². The molecule has 0 fully saturated rings. The van der Waals surface area contributed by atoms with Crippen molar-refractivity contribution in [3.8, 4) is 0 Å². The maximum absolute atomic E-state index is 13.5. The minimum atomic E-state index is -3.70. The summed E-state index contributed by atoms with van der Waals surface area (Å²) in [7, 11) is -2.35. The van der Waals surface area contributed by atoms with Crippen molar-refractivity contribution in [1.29, 1.82) is 0 Å². The highest BCUT2D eigenvalue weighted by molar-refractivity contribution is 7.92. The van der Waals surface area contributed by atoms with Crippen molar-refractivity contribution in [1.82, 2.24) is 16.0 Å². The first kappa shape index (κ1) is 34.8. The second-order valence-corrected chi connectivity index (χ2v) is 13.7. The average molecular weight is 603 g/mol. The van der Waals surface area contributed by atoms with Gasteiger partial charge in [-0.1, -0.05) is 51.1 Å². The fourth-order valence-corrected chi connectivity index (χ4v) is 4.97. The number of aliphatic hydroxyl groups excluding tert-OH is 1. The van der Waals surface area contributed by atoms with E-state index >= 15 is 0 Å². The van der Waals surface area contributed by atoms with Crippen LogP contribution >= 0.6 is 0 Å². The molecule has 0 spiro atoms. The summed E-state index contributed by atoms with van der Waals surface area (Å²) in [6.45, 7) is 11.2. The molecule has 0 radical (unpaired) electrons. The van der Waals surface area contributed by atoms with Gasteiger partial charge in [0.15, 0.2) is 0 Å². The van der Waals surface area contributed by atoms with Crippen molar-refractivity contribution in [2.24, 2.45) is 11.8 Å². The second-order valence-electron chi connectivity index (χ2n) is 11.7. The number of sulfonamides is 1. The largest absolute Gasteiger partial charge is 0.391 e. The number of carbonyl (C=O) groups excluding carboxylic acids is 3. The number of nitrogens with zero attached hydrogens (tertiary/aromatic N) is 1. The molecule has 0 aliphatic carbocycles. The quantitative estimate of drug-likeness (QED) is 0.260. The lowest BCUT2D eigenvalue weighted by Gasteiger charge is -2.28. The summed E-state index contributed by atoms with van der Waals surface area (Å²) in [5.41, 5.74) is 1.19. The Labute approximate surface area is 250 Å². The van der Waals surface area contributed by atoms with Crippen LogP contribution in [-0.2, 0) is 14.8 Å². The van der Waals surface area contributed by atoms with Gasteiger partial charge in [-0.25, -0.2) is 8.42 Å². The molecule has 0 aliphatic rings. The van der Waals surface area contributed by atoms with Crippen LogP contribution in [0.4, 0.5) is 5.69 Å². The number of anilines is 1. The Balaban J connectivity index is 2.38. The van der Waals surface area contributed by atoms with Crippen LogP contribution in [0.5, 0.6) is 0 Å². The van der Waals surface area contributed by atoms with Crippen molar-refractivity contribution in [2.75, 3.05) is 17.6 Å². The molecule has 42 heavy (non-hydrogen) atoms. The lowest BCUT2D eigenvalue weighted by Crippen LogP contribution is -2.46. The van der Waals surface area contributed by atoms with Crippen molar-refractivity contribution in [3.63, 3.8) is 0 Å². The molecular weight excluding hydrogens is 556 g/mol. The fourth-order valence-electron chi connectivity index (χ4n) is 4.48. The number of hydrogen-bond acceptors (Lipinski definition) is 6. The third kappa shape index (κ3) is 10.4. The Bertz CT molecular complexity index is 1330. The summed E-state index contributed by atoms with van der Waals surface area (Å²) in [6.07, 6.45) is 0.595. The van der Waals surface area contributed by atoms with E-state index < -0.39 is 39.9 Å². The van der Waals surface area contributed by atoms with Gasteiger partial charge >= 0.3 is 0 Å². The summed E-state index contributed by atoms with van der Waals surface area (Å²) in [5.74, 6) is -1.60. The van der Waals surface area contributed by atoms with Crippen LogP contribution in [-0.4, -0.2) is 62.7 Å². The van der Waals surface area contributed by atoms with Crippen LogP contribution in [0.25, 0.3) is 0 Å². The van der Waals surface area contributed by atoms with E-state index in [1.807, 2.05) is 65.0 Å². The van der Waals surface area contributed by atoms with Gasteiger partial charge < -0.3 is 21.1 Å². The molecule has 2 rings (SSSR count). The standard InChI is InChI=1S/C31H46N4O6S/c1-19(2)14-27(28(36)15-21(5)29(37)32-20(3)4)34-31(39)25-16-24(17-26(18-25)35(7)42(8,40)41)30(38)33-22(6)23-12-10-9-11-13-23/h9-13,16-22,27-28,36H,14-15H2,1-8H3,(H,32,37)(H,33,38)(H,34,39). The summed E-state index contributed by atoms with van der Waals surface area (Å²) >= 11 is 0. The van der Waals surface area contributed by atoms with E-state index in [0.717, 1.165) is 16.1 Å². The summed E-state index contributed by atoms with van der Waals surface area (Å²) < 4.78 is 25.7. The van der Waals surface area contributed by atoms with Gasteiger partial charge in [-0.2, -0.15) is 0 Å². The van der Waals surface area contributed by atoms with Gasteiger partial charge in [0.1, 0.15) is 0 Å². The number of benzene rings is 2. The van der Waals surface area contributed by atoms with Crippen LogP contribution < -0.4 is 20.3 Å². The molecule has 3 amide bonds. The first-order valence-corrected chi connectivity index (χ1v) is 16.1. The van der Waals surface area contributed by atoms with Crippen LogP contribution in [0, 0.1) is 11.8 Å². The third-order valence-corrected chi connectivity index (χ3v) is 8.14. The topological polar surface area (TPSA) is 145 Å². The lowest BCUT2D eigenvalue weighted by molar-refractivity contribution is -0.126. The van der Waals surface area contributed by atoms with E-state index in [-0.39, 0.29) is 47.1 Å². The average Bonchev–Trinajstić information content (AvgIpc) is 2.91. The lowest BCUT2D eigenvalue weighted by atomic mass is 9.92. The Morgan fingerprint density at radius 3 is 1.88 bits per heavy atom. The van der Waals surface area contributed by atoms with E-state index in [9.17, 15) is 27.9 Å². The first-order valence-electron chi connectivity index (χ1n) is 14.2. The Morgan fingerprint density at radius 2 is 1.38 bits per heavy atom. The van der Waals surface area contributed by atoms with Gasteiger partial charge in [0.2, 0.25) is 15.9 Å². The van der Waals surface area contributed by atoms with Gasteiger partial charge in [0, 0.05) is 30.1 Å². The SMILES string of the molecule is CC(C)CC(NC(=O)c1cc(C(=O)NC(C)c2ccccc2)cc(N(C)S(C)(=O)=O)c1)C(O)CC(C)C(=O)NC(C)C. The molecule has 10 nitrogen and oxygen atoms in total. The van der Waals surface area contributed by atoms with Gasteiger partial charge in [-0.3, -0.25) is 18.7 Å². The predicted molar refractivity (Wildman–Crippen MR) is 166 cm³/mol. The molecule has 0 saturated heterocycles. The minimum absolute atomic E-state index is 0.0392. The molecule has 4 atom stereocenters. The zero-order valence-electron chi connectivity index (χ0n) is 25.8. The highest BCUT2D eigenvalue weighted by atomic mass is 32.2. The highest BCUT2D eigenvalue weighted by Crippen LogP contribution is 2.23. The normalized spacial score (nSPS) is 14.5. The maximum atomic E-state index is 13.5. The number of rotatable bonds is 14.